The van der Waals surface area contributed by atoms with Gasteiger partial charge in [0, 0.05) is 0 Å². The van der Waals surface area contributed by atoms with Gasteiger partial charge in [-0.1, -0.05) is 29.8 Å². The number of carbonyl (C=O) groups is 1. The van der Waals surface area contributed by atoms with E-state index in [0.29, 0.717) is 6.07 Å². The van der Waals surface area contributed by atoms with Gasteiger partial charge in [0.15, 0.2) is 5.57 Å². The van der Waals surface area contributed by atoms with Crippen molar-refractivity contribution in [3.63, 3.8) is 0 Å². The highest BCUT2D eigenvalue weighted by atomic mass is 35.5. The van der Waals surface area contributed by atoms with Crippen LogP contribution in [0.2, 0.25) is 5.02 Å². The minimum absolute atomic E-state index is 0.0975. The molecule has 1 fully saturated rings. The summed E-state index contributed by atoms with van der Waals surface area (Å²) in [5.74, 6) is 0. The van der Waals surface area contributed by atoms with Crippen molar-refractivity contribution in [1.82, 2.24) is 5.32 Å². The number of nitrogens with one attached hydrogen (secondary N) is 2. The van der Waals surface area contributed by atoms with Crippen molar-refractivity contribution in [3.8, 4) is 0 Å². The quantitative estimate of drug-likeness (QED) is 0.474. The topological polar surface area (TPSA) is 59.6 Å². The summed E-state index contributed by atoms with van der Waals surface area (Å²) in [6.45, 7) is 7.07. The molecule has 1 saturated heterocycles. The molecule has 1 aliphatic carbocycles. The summed E-state index contributed by atoms with van der Waals surface area (Å²) < 4.78 is 66.5. The van der Waals surface area contributed by atoms with Crippen LogP contribution in [0.25, 0.3) is 0 Å². The van der Waals surface area contributed by atoms with Gasteiger partial charge in [-0.25, -0.2) is 9.18 Å². The lowest BCUT2D eigenvalue weighted by Gasteiger charge is -2.33. The molecule has 1 aliphatic heterocycles. The van der Waals surface area contributed by atoms with Crippen molar-refractivity contribution >= 4 is 30.4 Å². The van der Waals surface area contributed by atoms with Crippen LogP contribution < -0.4 is 10.6 Å². The molecule has 2 N–H and O–H groups in total. The van der Waals surface area contributed by atoms with E-state index in [1.807, 2.05) is 0 Å². The summed E-state index contributed by atoms with van der Waals surface area (Å²) in [6.07, 6.45) is 1.00. The fourth-order valence-corrected chi connectivity index (χ4v) is 3.30. The maximum absolute atomic E-state index is 16.0. The van der Waals surface area contributed by atoms with E-state index in [0.717, 1.165) is 12.1 Å². The van der Waals surface area contributed by atoms with Gasteiger partial charge in [0.2, 0.25) is 0 Å². The molecular weight excluding hydrogens is 438 g/mol. The molecular formula is C20H22BClF4N2O3. The highest BCUT2D eigenvalue weighted by molar-refractivity contribution is 6.50. The van der Waals surface area contributed by atoms with Gasteiger partial charge in [-0.2, -0.15) is 13.2 Å². The zero-order valence-electron chi connectivity index (χ0n) is 17.3. The molecule has 0 spiro atoms. The zero-order chi connectivity index (χ0) is 23.2. The Kier molecular flexibility index (Phi) is 5.97. The minimum atomic E-state index is -4.61. The van der Waals surface area contributed by atoms with Gasteiger partial charge in [-0.15, -0.1) is 0 Å². The van der Waals surface area contributed by atoms with Crippen molar-refractivity contribution in [2.24, 2.45) is 0 Å². The van der Waals surface area contributed by atoms with Crippen LogP contribution in [0.3, 0.4) is 0 Å². The van der Waals surface area contributed by atoms with Gasteiger partial charge < -0.3 is 19.9 Å². The number of rotatable bonds is 3. The molecule has 31 heavy (non-hydrogen) atoms. The summed E-state index contributed by atoms with van der Waals surface area (Å²) in [5, 5.41) is 4.56. The average molecular weight is 461 g/mol. The summed E-state index contributed by atoms with van der Waals surface area (Å²) >= 11 is 5.91. The number of anilines is 1. The first-order valence-corrected chi connectivity index (χ1v) is 9.88. The average Bonchev–Trinajstić information content (AvgIpc) is 2.86. The number of amides is 2. The predicted molar refractivity (Wildman–Crippen MR) is 111 cm³/mol. The van der Waals surface area contributed by atoms with E-state index >= 15 is 4.39 Å². The fraction of sp³-hybridized carbons (Fsp3) is 0.450. The third-order valence-corrected chi connectivity index (χ3v) is 6.02. The Hall–Kier alpha value is -2.04. The SMILES string of the molecule is CC1(C)OB(C2(F)C=CC=CC2NC(=O)Nc2cc(C(F)(F)F)ccc2Cl)OC1(C)C. The van der Waals surface area contributed by atoms with E-state index in [4.69, 9.17) is 20.9 Å². The molecule has 0 saturated carbocycles. The lowest BCUT2D eigenvalue weighted by atomic mass is 9.63. The Labute approximate surface area is 182 Å². The number of carbonyl (C=O) groups excluding carboxylic acids is 1. The molecule has 2 aliphatic rings. The molecule has 2 amide bonds. The maximum atomic E-state index is 16.0. The monoisotopic (exact) mass is 460 g/mol. The van der Waals surface area contributed by atoms with Crippen molar-refractivity contribution in [2.75, 3.05) is 5.32 Å². The van der Waals surface area contributed by atoms with Crippen molar-refractivity contribution < 1.29 is 31.7 Å². The summed E-state index contributed by atoms with van der Waals surface area (Å²) in [7, 11) is -1.32. The number of alkyl halides is 4. The fourth-order valence-electron chi connectivity index (χ4n) is 3.13. The number of benzene rings is 1. The van der Waals surface area contributed by atoms with Gasteiger partial charge in [0.1, 0.15) is 0 Å². The van der Waals surface area contributed by atoms with Gasteiger partial charge >= 0.3 is 19.3 Å². The van der Waals surface area contributed by atoms with Crippen LogP contribution in [0, 0.1) is 0 Å². The number of hydrogen-bond donors (Lipinski definition) is 2. The maximum Gasteiger partial charge on any atom is 0.504 e. The Bertz CT molecular complexity index is 919. The van der Waals surface area contributed by atoms with E-state index in [9.17, 15) is 18.0 Å². The van der Waals surface area contributed by atoms with Crippen LogP contribution in [0.4, 0.5) is 28.0 Å². The molecule has 5 nitrogen and oxygen atoms in total. The number of urea groups is 1. The Balaban J connectivity index is 1.78. The zero-order valence-corrected chi connectivity index (χ0v) is 18.1. The molecule has 11 heteroatoms. The molecule has 0 aromatic heterocycles. The van der Waals surface area contributed by atoms with Crippen LogP contribution in [0.1, 0.15) is 33.3 Å². The summed E-state index contributed by atoms with van der Waals surface area (Å²) in [5.41, 5.74) is -5.10. The number of hydrogen-bond acceptors (Lipinski definition) is 3. The van der Waals surface area contributed by atoms with Crippen molar-refractivity contribution in [3.05, 3.63) is 53.1 Å². The first kappa shape index (κ1) is 23.6. The lowest BCUT2D eigenvalue weighted by molar-refractivity contribution is -0.137. The highest BCUT2D eigenvalue weighted by Crippen LogP contribution is 2.43. The van der Waals surface area contributed by atoms with Crippen molar-refractivity contribution in [1.29, 1.82) is 0 Å². The minimum Gasteiger partial charge on any atom is -0.401 e. The van der Waals surface area contributed by atoms with E-state index in [2.05, 4.69) is 10.6 Å². The smallest absolute Gasteiger partial charge is 0.401 e. The first-order chi connectivity index (χ1) is 14.2. The molecule has 0 bridgehead atoms. The predicted octanol–water partition coefficient (Wildman–Crippen LogP) is 5.31. The summed E-state index contributed by atoms with van der Waals surface area (Å²) in [4.78, 5) is 12.5. The molecule has 2 atom stereocenters. The number of halogens is 5. The highest BCUT2D eigenvalue weighted by Gasteiger charge is 2.62. The molecule has 1 aromatic carbocycles. The van der Waals surface area contributed by atoms with Crippen LogP contribution in [-0.2, 0) is 15.5 Å². The first-order valence-electron chi connectivity index (χ1n) is 9.50. The molecule has 3 rings (SSSR count). The Morgan fingerprint density at radius 3 is 2.32 bits per heavy atom. The summed E-state index contributed by atoms with van der Waals surface area (Å²) in [6, 6.07) is 0.370. The van der Waals surface area contributed by atoms with Gasteiger partial charge in [0.05, 0.1) is 33.5 Å². The van der Waals surface area contributed by atoms with Gasteiger partial charge in [0.25, 0.3) is 0 Å². The van der Waals surface area contributed by atoms with Crippen LogP contribution >= 0.6 is 11.6 Å². The second kappa shape index (κ2) is 7.83. The van der Waals surface area contributed by atoms with Crippen LogP contribution in [0.5, 0.6) is 0 Å². The van der Waals surface area contributed by atoms with Gasteiger partial charge in [-0.05, 0) is 52.0 Å². The van der Waals surface area contributed by atoms with E-state index in [1.54, 1.807) is 27.7 Å². The Morgan fingerprint density at radius 1 is 1.13 bits per heavy atom. The van der Waals surface area contributed by atoms with E-state index in [-0.39, 0.29) is 10.7 Å². The second-order valence-corrected chi connectivity index (χ2v) is 8.84. The molecule has 168 valence electrons. The van der Waals surface area contributed by atoms with Crippen LogP contribution in [0.15, 0.2) is 42.5 Å². The van der Waals surface area contributed by atoms with Gasteiger partial charge in [-0.3, -0.25) is 0 Å². The molecule has 0 radical (unpaired) electrons. The van der Waals surface area contributed by atoms with E-state index < -0.39 is 47.7 Å². The second-order valence-electron chi connectivity index (χ2n) is 8.43. The third kappa shape index (κ3) is 4.61. The standard InChI is InChI=1S/C20H22BClF4N2O3/c1-17(2)18(3,4)31-21(30-17)19(23)10-6-5-7-15(19)28-16(29)27-14-11-12(20(24,25)26)8-9-13(14)22/h5-11,15H,1-4H3,(H2,27,28,29). The van der Waals surface area contributed by atoms with Crippen LogP contribution in [-0.4, -0.2) is 36.0 Å². The largest absolute Gasteiger partial charge is 0.504 e. The lowest BCUT2D eigenvalue weighted by Crippen LogP contribution is -2.59. The number of allylic oxidation sites excluding steroid dienone is 2. The van der Waals surface area contributed by atoms with Crippen molar-refractivity contribution in [2.45, 2.75) is 56.7 Å². The Morgan fingerprint density at radius 2 is 1.74 bits per heavy atom. The normalized spacial score (nSPS) is 26.7. The molecule has 1 aromatic rings. The molecule has 1 heterocycles. The third-order valence-electron chi connectivity index (χ3n) is 5.69. The molecule has 2 unspecified atom stereocenters. The van der Waals surface area contributed by atoms with E-state index in [1.165, 1.54) is 24.3 Å².